The fourth-order valence-corrected chi connectivity index (χ4v) is 3.61. The number of quaternary nitrogens is 1. The predicted octanol–water partition coefficient (Wildman–Crippen LogP) is 1.73. The molecule has 17 heavy (non-hydrogen) atoms. The molecule has 2 nitrogen and oxygen atoms in total. The lowest BCUT2D eigenvalue weighted by atomic mass is 9.91. The highest BCUT2D eigenvalue weighted by atomic mass is 19.1. The monoisotopic (exact) mass is 231 g/mol. The molecule has 0 bridgehead atoms. The quantitative estimate of drug-likeness (QED) is 0.713. The first kappa shape index (κ1) is 9.66. The molecule has 1 aromatic carbocycles. The Hall–Kier alpha value is -1.35. The second-order valence-electron chi connectivity index (χ2n) is 5.20. The normalized spacial score (nSPS) is 22.8. The van der Waals surface area contributed by atoms with Gasteiger partial charge in [0.05, 0.1) is 18.8 Å². The predicted molar refractivity (Wildman–Crippen MR) is 64.4 cm³/mol. The van der Waals surface area contributed by atoms with Crippen molar-refractivity contribution in [2.75, 3.05) is 6.54 Å². The van der Waals surface area contributed by atoms with Gasteiger partial charge in [-0.15, -0.1) is 0 Å². The summed E-state index contributed by atoms with van der Waals surface area (Å²) in [6, 6.07) is 5.87. The Morgan fingerprint density at radius 1 is 1.35 bits per heavy atom. The van der Waals surface area contributed by atoms with E-state index in [2.05, 4.69) is 9.88 Å². The van der Waals surface area contributed by atoms with E-state index in [0.29, 0.717) is 6.04 Å². The van der Waals surface area contributed by atoms with E-state index in [4.69, 9.17) is 0 Å². The molecule has 2 aromatic rings. The van der Waals surface area contributed by atoms with Crippen LogP contribution in [0.5, 0.6) is 0 Å². The van der Waals surface area contributed by atoms with E-state index in [1.165, 1.54) is 29.6 Å². The van der Waals surface area contributed by atoms with Gasteiger partial charge in [0.15, 0.2) is 0 Å². The van der Waals surface area contributed by atoms with Gasteiger partial charge in [0.25, 0.3) is 0 Å². The van der Waals surface area contributed by atoms with Crippen LogP contribution < -0.4 is 5.32 Å². The van der Waals surface area contributed by atoms with Crippen LogP contribution in [0.3, 0.4) is 0 Å². The maximum Gasteiger partial charge on any atom is 0.127 e. The number of hydrogen-bond donors (Lipinski definition) is 1. The molecule has 0 saturated heterocycles. The summed E-state index contributed by atoms with van der Waals surface area (Å²) in [7, 11) is 0. The van der Waals surface area contributed by atoms with Gasteiger partial charge >= 0.3 is 0 Å². The Morgan fingerprint density at radius 3 is 3.24 bits per heavy atom. The smallest absolute Gasteiger partial charge is 0.127 e. The molecule has 2 aliphatic rings. The summed E-state index contributed by atoms with van der Waals surface area (Å²) in [5, 5.41) is 3.60. The fourth-order valence-electron chi connectivity index (χ4n) is 3.61. The molecule has 3 heteroatoms. The van der Waals surface area contributed by atoms with Crippen molar-refractivity contribution >= 4 is 10.9 Å². The topological polar surface area (TPSA) is 21.5 Å². The van der Waals surface area contributed by atoms with Crippen LogP contribution in [0.25, 0.3) is 10.9 Å². The first-order chi connectivity index (χ1) is 8.34. The highest BCUT2D eigenvalue weighted by molar-refractivity contribution is 5.86. The molecule has 4 rings (SSSR count). The second-order valence-corrected chi connectivity index (χ2v) is 5.20. The van der Waals surface area contributed by atoms with Gasteiger partial charge in [0.2, 0.25) is 0 Å². The average molecular weight is 231 g/mol. The van der Waals surface area contributed by atoms with Crippen LogP contribution in [-0.4, -0.2) is 11.1 Å². The summed E-state index contributed by atoms with van der Waals surface area (Å²) in [6.45, 7) is 2.21. The third-order valence-corrected chi connectivity index (χ3v) is 4.27. The number of hydrogen-bond acceptors (Lipinski definition) is 0. The summed E-state index contributed by atoms with van der Waals surface area (Å²) < 4.78 is 15.8. The van der Waals surface area contributed by atoms with Crippen molar-refractivity contribution in [3.8, 4) is 0 Å². The number of nitrogens with two attached hydrogens (primary N) is 1. The number of rotatable bonds is 0. The van der Waals surface area contributed by atoms with E-state index < -0.39 is 0 Å². The molecule has 0 saturated carbocycles. The summed E-state index contributed by atoms with van der Waals surface area (Å²) in [4.78, 5) is 0. The molecule has 0 amide bonds. The van der Waals surface area contributed by atoms with Crippen LogP contribution >= 0.6 is 0 Å². The van der Waals surface area contributed by atoms with Gasteiger partial charge in [-0.1, -0.05) is 0 Å². The Morgan fingerprint density at radius 2 is 2.29 bits per heavy atom. The zero-order valence-corrected chi connectivity index (χ0v) is 9.75. The summed E-state index contributed by atoms with van der Waals surface area (Å²) in [6.07, 6.45) is 3.63. The molecule has 2 heterocycles. The second kappa shape index (κ2) is 3.33. The van der Waals surface area contributed by atoms with Crippen molar-refractivity contribution < 1.29 is 9.71 Å². The molecule has 0 unspecified atom stereocenters. The van der Waals surface area contributed by atoms with Gasteiger partial charge in [-0.25, -0.2) is 4.39 Å². The largest absolute Gasteiger partial charge is 0.337 e. The van der Waals surface area contributed by atoms with Crippen LogP contribution in [0.15, 0.2) is 18.2 Å². The molecular formula is C14H16FN2+. The van der Waals surface area contributed by atoms with Gasteiger partial charge in [-0.2, -0.15) is 0 Å². The van der Waals surface area contributed by atoms with Gasteiger partial charge in [0, 0.05) is 17.3 Å². The molecule has 2 N–H and O–H groups in total. The molecule has 0 spiro atoms. The average Bonchev–Trinajstić information content (AvgIpc) is 2.67. The van der Waals surface area contributed by atoms with E-state index >= 15 is 0 Å². The Labute approximate surface area is 99.4 Å². The van der Waals surface area contributed by atoms with Gasteiger partial charge < -0.3 is 9.88 Å². The van der Waals surface area contributed by atoms with Gasteiger partial charge in [0.1, 0.15) is 11.9 Å². The van der Waals surface area contributed by atoms with Gasteiger partial charge in [-0.05, 0) is 36.6 Å². The zero-order chi connectivity index (χ0) is 11.4. The molecule has 0 fully saturated rings. The molecule has 0 radical (unpaired) electrons. The summed E-state index contributed by atoms with van der Waals surface area (Å²) >= 11 is 0. The summed E-state index contributed by atoms with van der Waals surface area (Å²) in [5.74, 6) is -0.109. The van der Waals surface area contributed by atoms with Gasteiger partial charge in [-0.3, -0.25) is 0 Å². The van der Waals surface area contributed by atoms with E-state index in [1.807, 2.05) is 6.07 Å². The zero-order valence-electron chi connectivity index (χ0n) is 9.75. The minimum Gasteiger partial charge on any atom is -0.337 e. The molecule has 88 valence electrons. The highest BCUT2D eigenvalue weighted by Gasteiger charge is 2.32. The molecule has 1 aliphatic heterocycles. The van der Waals surface area contributed by atoms with Crippen molar-refractivity contribution in [3.63, 3.8) is 0 Å². The van der Waals surface area contributed by atoms with Crippen molar-refractivity contribution in [3.05, 3.63) is 35.3 Å². The minimum atomic E-state index is -0.109. The van der Waals surface area contributed by atoms with Crippen molar-refractivity contribution in [2.24, 2.45) is 0 Å². The third-order valence-electron chi connectivity index (χ3n) is 4.27. The number of benzene rings is 1. The third kappa shape index (κ3) is 1.23. The SMILES string of the molecule is Fc1ccc2c(c1)c1c3n2CC[NH2+][C@@H]3CCC1. The number of aromatic nitrogens is 1. The first-order valence-corrected chi connectivity index (χ1v) is 6.48. The lowest BCUT2D eigenvalue weighted by Crippen LogP contribution is -2.88. The van der Waals surface area contributed by atoms with Crippen LogP contribution in [-0.2, 0) is 13.0 Å². The first-order valence-electron chi connectivity index (χ1n) is 6.48. The molecular weight excluding hydrogens is 215 g/mol. The Bertz CT molecular complexity index is 598. The molecule has 1 aromatic heterocycles. The number of halogens is 1. The standard InChI is InChI=1S/C14H15FN2/c15-9-4-5-13-11(8-9)10-2-1-3-12-14(10)17(13)7-6-16-12/h4-5,8,12,16H,1-3,6-7H2/p+1/t12-/m1/s1. The van der Waals surface area contributed by atoms with Crippen molar-refractivity contribution in [1.82, 2.24) is 4.57 Å². The van der Waals surface area contributed by atoms with Crippen molar-refractivity contribution in [1.29, 1.82) is 0 Å². The minimum absolute atomic E-state index is 0.109. The fraction of sp³-hybridized carbons (Fsp3) is 0.429. The van der Waals surface area contributed by atoms with Crippen LogP contribution in [0.4, 0.5) is 4.39 Å². The van der Waals surface area contributed by atoms with E-state index in [0.717, 1.165) is 24.9 Å². The summed E-state index contributed by atoms with van der Waals surface area (Å²) in [5.41, 5.74) is 4.12. The number of fused-ring (bicyclic) bond motifs is 3. The number of aryl methyl sites for hydroxylation is 1. The Kier molecular flexibility index (Phi) is 1.89. The molecule has 1 atom stereocenters. The highest BCUT2D eigenvalue weighted by Crippen LogP contribution is 2.36. The Balaban J connectivity index is 2.11. The maximum atomic E-state index is 13.4. The van der Waals surface area contributed by atoms with Crippen molar-refractivity contribution in [2.45, 2.75) is 31.8 Å². The van der Waals surface area contributed by atoms with E-state index in [9.17, 15) is 4.39 Å². The van der Waals surface area contributed by atoms with Crippen LogP contribution in [0.1, 0.15) is 30.1 Å². The maximum absolute atomic E-state index is 13.4. The lowest BCUT2D eigenvalue weighted by Gasteiger charge is -2.27. The number of nitrogens with zero attached hydrogens (tertiary/aromatic N) is 1. The van der Waals surface area contributed by atoms with Crippen LogP contribution in [0.2, 0.25) is 0 Å². The molecule has 1 aliphatic carbocycles. The van der Waals surface area contributed by atoms with E-state index in [1.54, 1.807) is 12.1 Å². The van der Waals surface area contributed by atoms with Crippen LogP contribution in [0, 0.1) is 5.82 Å². The van der Waals surface area contributed by atoms with E-state index in [-0.39, 0.29) is 5.82 Å². The lowest BCUT2D eigenvalue weighted by molar-refractivity contribution is -0.704.